The summed E-state index contributed by atoms with van der Waals surface area (Å²) in [5, 5.41) is 0. The van der Waals surface area contributed by atoms with E-state index >= 15 is 0 Å². The van der Waals surface area contributed by atoms with Crippen LogP contribution >= 0.6 is 0 Å². The lowest BCUT2D eigenvalue weighted by atomic mass is 9.70. The van der Waals surface area contributed by atoms with Gasteiger partial charge >= 0.3 is 5.97 Å². The molecule has 0 unspecified atom stereocenters. The normalized spacial score (nSPS) is 37.7. The molecule has 1 aliphatic heterocycles. The molecule has 3 rings (SSSR count). The molecule has 2 bridgehead atoms. The molecule has 5 nitrogen and oxygen atoms in total. The summed E-state index contributed by atoms with van der Waals surface area (Å²) in [6.07, 6.45) is 3.45. The van der Waals surface area contributed by atoms with Gasteiger partial charge in [-0.05, 0) is 37.5 Å². The molecule has 3 fully saturated rings. The smallest absolute Gasteiger partial charge is 0.329 e. The zero-order valence-corrected chi connectivity index (χ0v) is 13.8. The number of esters is 1. The van der Waals surface area contributed by atoms with E-state index < -0.39 is 12.0 Å². The van der Waals surface area contributed by atoms with Gasteiger partial charge in [0.05, 0.1) is 0 Å². The standard InChI is InChI=1S/C17H25NO4/c1-10(18-13(19)5-6-14(18)20)15(21)22-12-9-11-7-8-17(12,4)16(11,2)3/h10-12H,5-9H2,1-4H3/t10-,11+,12+,17-/m1/s1. The third-order valence-corrected chi connectivity index (χ3v) is 6.79. The van der Waals surface area contributed by atoms with Crippen LogP contribution in [-0.2, 0) is 19.1 Å². The SMILES string of the molecule is C[C@H](C(=O)O[C@H]1C[C@@H]2CC[C@@]1(C)C2(C)C)N1C(=O)CCC1=O. The lowest BCUT2D eigenvalue weighted by Gasteiger charge is -2.39. The summed E-state index contributed by atoms with van der Waals surface area (Å²) in [7, 11) is 0. The molecule has 0 radical (unpaired) electrons. The van der Waals surface area contributed by atoms with Gasteiger partial charge in [-0.3, -0.25) is 14.5 Å². The number of nitrogens with zero attached hydrogens (tertiary/aromatic N) is 1. The van der Waals surface area contributed by atoms with Gasteiger partial charge in [0.25, 0.3) is 0 Å². The summed E-state index contributed by atoms with van der Waals surface area (Å²) in [4.78, 5) is 37.0. The summed E-state index contributed by atoms with van der Waals surface area (Å²) in [5.74, 6) is -0.401. The van der Waals surface area contributed by atoms with Crippen molar-refractivity contribution in [2.45, 2.75) is 71.9 Å². The molecule has 4 atom stereocenters. The van der Waals surface area contributed by atoms with Crippen molar-refractivity contribution < 1.29 is 19.1 Å². The fourth-order valence-electron chi connectivity index (χ4n) is 4.68. The van der Waals surface area contributed by atoms with Crippen LogP contribution in [0.1, 0.15) is 59.8 Å². The quantitative estimate of drug-likeness (QED) is 0.593. The number of ether oxygens (including phenoxy) is 1. The highest BCUT2D eigenvalue weighted by Gasteiger charge is 2.63. The molecule has 0 spiro atoms. The van der Waals surface area contributed by atoms with Crippen molar-refractivity contribution in [1.82, 2.24) is 4.90 Å². The van der Waals surface area contributed by atoms with E-state index in [0.29, 0.717) is 5.92 Å². The van der Waals surface area contributed by atoms with E-state index in [1.807, 2.05) is 0 Å². The average molecular weight is 307 g/mol. The maximum atomic E-state index is 12.4. The Bertz CT molecular complexity index is 525. The van der Waals surface area contributed by atoms with Crippen LogP contribution in [0.2, 0.25) is 0 Å². The van der Waals surface area contributed by atoms with Crippen molar-refractivity contribution in [2.24, 2.45) is 16.7 Å². The van der Waals surface area contributed by atoms with Gasteiger partial charge in [0.2, 0.25) is 11.8 Å². The fraction of sp³-hybridized carbons (Fsp3) is 0.824. The molecule has 1 heterocycles. The first-order valence-corrected chi connectivity index (χ1v) is 8.24. The second-order valence-corrected chi connectivity index (χ2v) is 7.87. The Morgan fingerprint density at radius 3 is 2.27 bits per heavy atom. The van der Waals surface area contributed by atoms with Crippen molar-refractivity contribution in [3.8, 4) is 0 Å². The van der Waals surface area contributed by atoms with Gasteiger partial charge in [-0.15, -0.1) is 0 Å². The highest BCUT2D eigenvalue weighted by Crippen LogP contribution is 2.66. The Hall–Kier alpha value is -1.39. The van der Waals surface area contributed by atoms with Gasteiger partial charge in [-0.2, -0.15) is 0 Å². The lowest BCUT2D eigenvalue weighted by molar-refractivity contribution is -0.167. The summed E-state index contributed by atoms with van der Waals surface area (Å²) in [6.45, 7) is 8.31. The zero-order valence-electron chi connectivity index (χ0n) is 13.8. The largest absolute Gasteiger partial charge is 0.460 e. The van der Waals surface area contributed by atoms with E-state index in [1.165, 1.54) is 6.42 Å². The number of carbonyl (C=O) groups is 3. The Morgan fingerprint density at radius 2 is 1.82 bits per heavy atom. The van der Waals surface area contributed by atoms with Crippen LogP contribution < -0.4 is 0 Å². The first-order chi connectivity index (χ1) is 10.2. The molecular formula is C17H25NO4. The third-order valence-electron chi connectivity index (χ3n) is 6.79. The maximum absolute atomic E-state index is 12.4. The van der Waals surface area contributed by atoms with E-state index in [-0.39, 0.29) is 41.6 Å². The predicted molar refractivity (Wildman–Crippen MR) is 79.7 cm³/mol. The number of imide groups is 1. The minimum atomic E-state index is -0.812. The van der Waals surface area contributed by atoms with E-state index in [0.717, 1.165) is 17.7 Å². The molecule has 2 amide bonds. The number of carbonyl (C=O) groups excluding carboxylic acids is 3. The van der Waals surface area contributed by atoms with Crippen LogP contribution in [-0.4, -0.2) is 34.8 Å². The summed E-state index contributed by atoms with van der Waals surface area (Å²) >= 11 is 0. The minimum absolute atomic E-state index is 0.00786. The van der Waals surface area contributed by atoms with Crippen LogP contribution in [0.3, 0.4) is 0 Å². The Kier molecular flexibility index (Phi) is 3.38. The van der Waals surface area contributed by atoms with Gasteiger partial charge < -0.3 is 4.74 Å². The van der Waals surface area contributed by atoms with Crippen LogP contribution in [0.4, 0.5) is 0 Å². The topological polar surface area (TPSA) is 63.7 Å². The minimum Gasteiger partial charge on any atom is -0.460 e. The van der Waals surface area contributed by atoms with Gasteiger partial charge in [0.15, 0.2) is 0 Å². The predicted octanol–water partition coefficient (Wildman–Crippen LogP) is 2.28. The number of fused-ring (bicyclic) bond motifs is 2. The molecule has 0 aromatic heterocycles. The summed E-state index contributed by atoms with van der Waals surface area (Å²) in [5.41, 5.74) is 0.159. The van der Waals surface area contributed by atoms with Crippen LogP contribution in [0, 0.1) is 16.7 Å². The first kappa shape index (κ1) is 15.5. The fourth-order valence-corrected chi connectivity index (χ4v) is 4.68. The Morgan fingerprint density at radius 1 is 1.23 bits per heavy atom. The molecule has 2 saturated carbocycles. The highest BCUT2D eigenvalue weighted by atomic mass is 16.5. The number of likely N-dealkylation sites (tertiary alicyclic amines) is 1. The number of rotatable bonds is 3. The molecule has 1 saturated heterocycles. The van der Waals surface area contributed by atoms with Crippen molar-refractivity contribution in [1.29, 1.82) is 0 Å². The van der Waals surface area contributed by atoms with Gasteiger partial charge in [0.1, 0.15) is 12.1 Å². The molecule has 122 valence electrons. The third kappa shape index (κ3) is 1.94. The lowest BCUT2D eigenvalue weighted by Crippen LogP contribution is -2.46. The number of hydrogen-bond acceptors (Lipinski definition) is 4. The van der Waals surface area contributed by atoms with Crippen molar-refractivity contribution in [2.75, 3.05) is 0 Å². The van der Waals surface area contributed by atoms with Gasteiger partial charge in [-0.25, -0.2) is 4.79 Å². The number of hydrogen-bond donors (Lipinski definition) is 0. The number of amides is 2. The van der Waals surface area contributed by atoms with Crippen molar-refractivity contribution in [3.05, 3.63) is 0 Å². The Labute approximate surface area is 131 Å². The van der Waals surface area contributed by atoms with E-state index in [4.69, 9.17) is 4.74 Å². The maximum Gasteiger partial charge on any atom is 0.329 e. The molecule has 2 aliphatic carbocycles. The van der Waals surface area contributed by atoms with Crippen molar-refractivity contribution >= 4 is 17.8 Å². The van der Waals surface area contributed by atoms with E-state index in [2.05, 4.69) is 20.8 Å². The van der Waals surface area contributed by atoms with Crippen molar-refractivity contribution in [3.63, 3.8) is 0 Å². The molecule has 0 aromatic rings. The molecule has 0 aromatic carbocycles. The molecule has 3 aliphatic rings. The molecule has 5 heteroatoms. The molecular weight excluding hydrogens is 282 g/mol. The van der Waals surface area contributed by atoms with E-state index in [1.54, 1.807) is 6.92 Å². The van der Waals surface area contributed by atoms with Gasteiger partial charge in [-0.1, -0.05) is 20.8 Å². The van der Waals surface area contributed by atoms with Crippen LogP contribution in [0.15, 0.2) is 0 Å². The zero-order chi connectivity index (χ0) is 16.3. The first-order valence-electron chi connectivity index (χ1n) is 8.24. The molecule has 22 heavy (non-hydrogen) atoms. The van der Waals surface area contributed by atoms with E-state index in [9.17, 15) is 14.4 Å². The summed E-state index contributed by atoms with van der Waals surface area (Å²) < 4.78 is 5.77. The summed E-state index contributed by atoms with van der Waals surface area (Å²) in [6, 6.07) is -0.812. The second kappa shape index (κ2) is 4.80. The Balaban J connectivity index is 1.71. The van der Waals surface area contributed by atoms with Gasteiger partial charge in [0, 0.05) is 18.3 Å². The average Bonchev–Trinajstić information content (AvgIpc) is 2.95. The van der Waals surface area contributed by atoms with Crippen LogP contribution in [0.25, 0.3) is 0 Å². The monoisotopic (exact) mass is 307 g/mol. The molecule has 0 N–H and O–H groups in total. The van der Waals surface area contributed by atoms with Crippen LogP contribution in [0.5, 0.6) is 0 Å². The second-order valence-electron chi connectivity index (χ2n) is 7.87. The highest BCUT2D eigenvalue weighted by molar-refractivity contribution is 6.04.